The molecule has 2 aromatic heterocycles. The first-order valence-electron chi connectivity index (χ1n) is 9.43. The lowest BCUT2D eigenvalue weighted by molar-refractivity contribution is -0.192. The molecule has 0 aliphatic heterocycles. The summed E-state index contributed by atoms with van der Waals surface area (Å²) in [5.74, 6) is -1.77. The standard InChI is InChI=1S/C19H17N5O2.C2HF3O2/c20-9-10-26-16-6-8-17-13(11-16)1-7-18(21-17)19-12-24(23-22-19)14-2-4-15(25)5-3-14;3-2(4,5)1(6)7/h1-8,11-12,25H,9-10,20H2;(H,6,7). The highest BCUT2D eigenvalue weighted by atomic mass is 19.4. The molecule has 12 heteroatoms. The van der Waals surface area contributed by atoms with Gasteiger partial charge in [-0.05, 0) is 48.5 Å². The molecule has 0 saturated carbocycles. The molecule has 0 amide bonds. The summed E-state index contributed by atoms with van der Waals surface area (Å²) in [5.41, 5.74) is 8.52. The first-order chi connectivity index (χ1) is 15.7. The maximum absolute atomic E-state index is 10.6. The van der Waals surface area contributed by atoms with E-state index in [-0.39, 0.29) is 5.75 Å². The van der Waals surface area contributed by atoms with Crippen LogP contribution in [0.3, 0.4) is 0 Å². The lowest BCUT2D eigenvalue weighted by Gasteiger charge is -2.06. The Morgan fingerprint density at radius 3 is 2.39 bits per heavy atom. The number of alkyl halides is 3. The Morgan fingerprint density at radius 1 is 1.06 bits per heavy atom. The van der Waals surface area contributed by atoms with Gasteiger partial charge in [0.05, 0.1) is 23.1 Å². The third kappa shape index (κ3) is 6.17. The highest BCUT2D eigenvalue weighted by Crippen LogP contribution is 2.24. The maximum atomic E-state index is 10.6. The van der Waals surface area contributed by atoms with Crippen LogP contribution >= 0.6 is 0 Å². The number of carbonyl (C=O) groups is 1. The molecule has 0 bridgehead atoms. The summed E-state index contributed by atoms with van der Waals surface area (Å²) in [5, 5.41) is 25.8. The van der Waals surface area contributed by atoms with Gasteiger partial charge in [-0.2, -0.15) is 13.2 Å². The molecule has 4 aromatic rings. The Hall–Kier alpha value is -4.19. The molecule has 2 heterocycles. The third-order valence-electron chi connectivity index (χ3n) is 4.16. The van der Waals surface area contributed by atoms with Gasteiger partial charge in [-0.15, -0.1) is 5.10 Å². The van der Waals surface area contributed by atoms with Crippen LogP contribution in [0.1, 0.15) is 0 Å². The Kier molecular flexibility index (Phi) is 7.08. The lowest BCUT2D eigenvalue weighted by atomic mass is 10.2. The molecule has 0 saturated heterocycles. The number of aromatic nitrogens is 4. The van der Waals surface area contributed by atoms with Gasteiger partial charge >= 0.3 is 12.1 Å². The monoisotopic (exact) mass is 461 g/mol. The Morgan fingerprint density at radius 2 is 1.76 bits per heavy atom. The number of carboxylic acid groups (broad SMARTS) is 1. The number of aliphatic carboxylic acids is 1. The number of fused-ring (bicyclic) bond motifs is 1. The fourth-order valence-corrected chi connectivity index (χ4v) is 2.63. The normalized spacial score (nSPS) is 11.0. The van der Waals surface area contributed by atoms with Gasteiger partial charge in [-0.25, -0.2) is 14.5 Å². The van der Waals surface area contributed by atoms with Crippen LogP contribution in [0.5, 0.6) is 11.5 Å². The van der Waals surface area contributed by atoms with Crippen LogP contribution in [0.25, 0.3) is 28.0 Å². The van der Waals surface area contributed by atoms with Gasteiger partial charge in [0.2, 0.25) is 0 Å². The minimum atomic E-state index is -5.08. The van der Waals surface area contributed by atoms with Gasteiger partial charge in [0.1, 0.15) is 23.8 Å². The number of phenols is 1. The number of nitrogens with two attached hydrogens (primary N) is 1. The second kappa shape index (κ2) is 9.96. The van der Waals surface area contributed by atoms with E-state index in [1.165, 1.54) is 0 Å². The zero-order valence-corrected chi connectivity index (χ0v) is 16.9. The average Bonchev–Trinajstić information content (AvgIpc) is 3.28. The molecule has 4 N–H and O–H groups in total. The number of aromatic hydroxyl groups is 1. The molecule has 9 nitrogen and oxygen atoms in total. The predicted octanol–water partition coefficient (Wildman–Crippen LogP) is 3.16. The molecule has 0 atom stereocenters. The molecule has 0 aliphatic rings. The van der Waals surface area contributed by atoms with Crippen molar-refractivity contribution in [2.75, 3.05) is 13.2 Å². The van der Waals surface area contributed by atoms with E-state index in [0.717, 1.165) is 28.0 Å². The summed E-state index contributed by atoms with van der Waals surface area (Å²) in [7, 11) is 0. The fraction of sp³-hybridized carbons (Fsp3) is 0.143. The summed E-state index contributed by atoms with van der Waals surface area (Å²) in [4.78, 5) is 13.5. The number of benzene rings is 2. The highest BCUT2D eigenvalue weighted by Gasteiger charge is 2.38. The Labute approximate surface area is 184 Å². The van der Waals surface area contributed by atoms with Gasteiger partial charge < -0.3 is 20.7 Å². The number of ether oxygens (including phenoxy) is 1. The molecule has 33 heavy (non-hydrogen) atoms. The summed E-state index contributed by atoms with van der Waals surface area (Å²) in [6, 6.07) is 16.4. The van der Waals surface area contributed by atoms with E-state index in [9.17, 15) is 18.3 Å². The predicted molar refractivity (Wildman–Crippen MR) is 112 cm³/mol. The first kappa shape index (κ1) is 23.5. The fourth-order valence-electron chi connectivity index (χ4n) is 2.63. The second-order valence-corrected chi connectivity index (χ2v) is 6.56. The zero-order chi connectivity index (χ0) is 24.0. The van der Waals surface area contributed by atoms with Crippen molar-refractivity contribution < 1.29 is 32.9 Å². The number of rotatable bonds is 5. The van der Waals surface area contributed by atoms with Gasteiger partial charge in [-0.3, -0.25) is 0 Å². The van der Waals surface area contributed by atoms with Crippen LogP contribution < -0.4 is 10.5 Å². The number of pyridine rings is 1. The van der Waals surface area contributed by atoms with Crippen molar-refractivity contribution in [1.29, 1.82) is 0 Å². The summed E-state index contributed by atoms with van der Waals surface area (Å²) >= 11 is 0. The van der Waals surface area contributed by atoms with E-state index in [4.69, 9.17) is 20.4 Å². The topological polar surface area (TPSA) is 136 Å². The average molecular weight is 461 g/mol. The van der Waals surface area contributed by atoms with Crippen molar-refractivity contribution in [3.8, 4) is 28.6 Å². The van der Waals surface area contributed by atoms with Crippen molar-refractivity contribution in [3.05, 3.63) is 60.8 Å². The molecule has 0 radical (unpaired) electrons. The Balaban J connectivity index is 0.000000383. The van der Waals surface area contributed by atoms with Crippen LogP contribution in [0.2, 0.25) is 0 Å². The van der Waals surface area contributed by atoms with Crippen molar-refractivity contribution in [2.45, 2.75) is 6.18 Å². The number of halogens is 3. The molecular weight excluding hydrogens is 443 g/mol. The molecule has 0 aliphatic carbocycles. The molecule has 0 unspecified atom stereocenters. The van der Waals surface area contributed by atoms with Crippen LogP contribution in [0.15, 0.2) is 60.8 Å². The van der Waals surface area contributed by atoms with Gasteiger partial charge in [-0.1, -0.05) is 11.3 Å². The van der Waals surface area contributed by atoms with Crippen LogP contribution in [0, 0.1) is 0 Å². The van der Waals surface area contributed by atoms with Crippen LogP contribution in [-0.4, -0.2) is 55.5 Å². The number of hydrogen-bond donors (Lipinski definition) is 3. The van der Waals surface area contributed by atoms with Crippen molar-refractivity contribution >= 4 is 16.9 Å². The van der Waals surface area contributed by atoms with Gasteiger partial charge in [0, 0.05) is 11.9 Å². The van der Waals surface area contributed by atoms with E-state index < -0.39 is 12.1 Å². The van der Waals surface area contributed by atoms with E-state index in [1.807, 2.05) is 30.3 Å². The Bertz CT molecular complexity index is 1240. The molecule has 0 spiro atoms. The van der Waals surface area contributed by atoms with Crippen LogP contribution in [0.4, 0.5) is 13.2 Å². The van der Waals surface area contributed by atoms with E-state index >= 15 is 0 Å². The highest BCUT2D eigenvalue weighted by molar-refractivity contribution is 5.82. The largest absolute Gasteiger partial charge is 0.508 e. The lowest BCUT2D eigenvalue weighted by Crippen LogP contribution is -2.21. The summed E-state index contributed by atoms with van der Waals surface area (Å²) in [6.07, 6.45) is -3.28. The molecule has 0 fully saturated rings. The van der Waals surface area contributed by atoms with Crippen molar-refractivity contribution in [2.24, 2.45) is 5.73 Å². The molecular formula is C21H18F3N5O4. The molecule has 2 aromatic carbocycles. The number of carboxylic acids is 1. The van der Waals surface area contributed by atoms with E-state index in [0.29, 0.717) is 18.8 Å². The third-order valence-corrected chi connectivity index (χ3v) is 4.16. The first-order valence-corrected chi connectivity index (χ1v) is 9.43. The zero-order valence-electron chi connectivity index (χ0n) is 16.9. The van der Waals surface area contributed by atoms with Crippen LogP contribution in [-0.2, 0) is 4.79 Å². The van der Waals surface area contributed by atoms with Crippen molar-refractivity contribution in [3.63, 3.8) is 0 Å². The molecule has 172 valence electrons. The van der Waals surface area contributed by atoms with Crippen molar-refractivity contribution in [1.82, 2.24) is 20.0 Å². The van der Waals surface area contributed by atoms with E-state index in [2.05, 4.69) is 15.3 Å². The number of hydrogen-bond acceptors (Lipinski definition) is 7. The number of phenolic OH excluding ortho intramolecular Hbond substituents is 1. The maximum Gasteiger partial charge on any atom is 0.490 e. The molecule has 4 rings (SSSR count). The second-order valence-electron chi connectivity index (χ2n) is 6.56. The number of nitrogens with zero attached hydrogens (tertiary/aromatic N) is 4. The quantitative estimate of drug-likeness (QED) is 0.412. The smallest absolute Gasteiger partial charge is 0.490 e. The van der Waals surface area contributed by atoms with E-state index in [1.54, 1.807) is 35.1 Å². The summed E-state index contributed by atoms with van der Waals surface area (Å²) in [6.45, 7) is 0.962. The minimum absolute atomic E-state index is 0.208. The van der Waals surface area contributed by atoms with Gasteiger partial charge in [0.25, 0.3) is 0 Å². The summed E-state index contributed by atoms with van der Waals surface area (Å²) < 4.78 is 38.9. The minimum Gasteiger partial charge on any atom is -0.508 e. The SMILES string of the molecule is NCCOc1ccc2nc(-c3cn(-c4ccc(O)cc4)nn3)ccc2c1.O=C(O)C(F)(F)F. The van der Waals surface area contributed by atoms with Gasteiger partial charge in [0.15, 0.2) is 0 Å².